The molecule has 0 aromatic carbocycles. The molecule has 0 spiro atoms. The van der Waals surface area contributed by atoms with Crippen LogP contribution in [0.3, 0.4) is 0 Å². The summed E-state index contributed by atoms with van der Waals surface area (Å²) in [7, 11) is 0. The molecular formula is C13H21N5O. The number of hydrogen-bond acceptors (Lipinski definition) is 5. The van der Waals surface area contributed by atoms with Crippen LogP contribution in [-0.4, -0.2) is 27.5 Å². The normalized spacial score (nSPS) is 23.6. The Kier molecular flexibility index (Phi) is 4.27. The SMILES string of the molecule is CCNc1nn(C2CCCCCC2O)c(N)c1C#N. The van der Waals surface area contributed by atoms with E-state index >= 15 is 0 Å². The second kappa shape index (κ2) is 5.93. The predicted octanol–water partition coefficient (Wildman–Crippen LogP) is 1.63. The minimum atomic E-state index is -0.439. The summed E-state index contributed by atoms with van der Waals surface area (Å²) in [6, 6.07) is 1.96. The van der Waals surface area contributed by atoms with Gasteiger partial charge in [0.2, 0.25) is 0 Å². The average Bonchev–Trinajstić information content (AvgIpc) is 2.57. The first kappa shape index (κ1) is 13.7. The molecule has 104 valence electrons. The topological polar surface area (TPSA) is 99.9 Å². The van der Waals surface area contributed by atoms with Crippen LogP contribution in [0.1, 0.15) is 50.6 Å². The number of hydrogen-bond donors (Lipinski definition) is 3. The number of nitrogens with one attached hydrogen (secondary N) is 1. The van der Waals surface area contributed by atoms with Gasteiger partial charge in [0.25, 0.3) is 0 Å². The Hall–Kier alpha value is -1.74. The van der Waals surface area contributed by atoms with Gasteiger partial charge in [0.05, 0.1) is 12.1 Å². The summed E-state index contributed by atoms with van der Waals surface area (Å²) >= 11 is 0. The van der Waals surface area contributed by atoms with E-state index in [1.807, 2.05) is 6.92 Å². The van der Waals surface area contributed by atoms with Crippen molar-refractivity contribution in [2.45, 2.75) is 51.2 Å². The molecule has 6 nitrogen and oxygen atoms in total. The first-order valence-corrected chi connectivity index (χ1v) is 6.89. The van der Waals surface area contributed by atoms with E-state index in [-0.39, 0.29) is 6.04 Å². The van der Waals surface area contributed by atoms with Crippen molar-refractivity contribution in [1.82, 2.24) is 9.78 Å². The van der Waals surface area contributed by atoms with Gasteiger partial charge in [-0.1, -0.05) is 19.3 Å². The van der Waals surface area contributed by atoms with E-state index in [9.17, 15) is 10.4 Å². The Morgan fingerprint density at radius 3 is 2.89 bits per heavy atom. The molecule has 1 heterocycles. The summed E-state index contributed by atoms with van der Waals surface area (Å²) in [5.41, 5.74) is 6.39. The molecule has 2 unspecified atom stereocenters. The Morgan fingerprint density at radius 1 is 1.47 bits per heavy atom. The number of nitrogens with zero attached hydrogens (tertiary/aromatic N) is 3. The van der Waals surface area contributed by atoms with E-state index in [4.69, 9.17) is 5.73 Å². The van der Waals surface area contributed by atoms with Gasteiger partial charge < -0.3 is 16.2 Å². The van der Waals surface area contributed by atoms with Gasteiger partial charge in [-0.25, -0.2) is 4.68 Å². The zero-order valence-corrected chi connectivity index (χ0v) is 11.3. The van der Waals surface area contributed by atoms with Crippen molar-refractivity contribution in [3.8, 4) is 6.07 Å². The number of nitriles is 1. The second-order valence-corrected chi connectivity index (χ2v) is 4.97. The van der Waals surface area contributed by atoms with Crippen LogP contribution in [0.25, 0.3) is 0 Å². The van der Waals surface area contributed by atoms with Crippen LogP contribution >= 0.6 is 0 Å². The third kappa shape index (κ3) is 2.66. The molecule has 1 saturated carbocycles. The lowest BCUT2D eigenvalue weighted by atomic mass is 10.1. The third-order valence-corrected chi connectivity index (χ3v) is 3.66. The van der Waals surface area contributed by atoms with Crippen molar-refractivity contribution in [3.05, 3.63) is 5.56 Å². The Bertz CT molecular complexity index is 476. The summed E-state index contributed by atoms with van der Waals surface area (Å²) in [5, 5.41) is 26.8. The Morgan fingerprint density at radius 2 is 2.21 bits per heavy atom. The van der Waals surface area contributed by atoms with Crippen molar-refractivity contribution in [1.29, 1.82) is 5.26 Å². The highest BCUT2D eigenvalue weighted by atomic mass is 16.3. The lowest BCUT2D eigenvalue weighted by Crippen LogP contribution is -2.25. The molecule has 2 rings (SSSR count). The summed E-state index contributed by atoms with van der Waals surface area (Å²) < 4.78 is 1.63. The largest absolute Gasteiger partial charge is 0.391 e. The van der Waals surface area contributed by atoms with Gasteiger partial charge in [-0.15, -0.1) is 0 Å². The maximum Gasteiger partial charge on any atom is 0.168 e. The second-order valence-electron chi connectivity index (χ2n) is 4.97. The molecule has 0 bridgehead atoms. The zero-order valence-electron chi connectivity index (χ0n) is 11.3. The number of rotatable bonds is 3. The van der Waals surface area contributed by atoms with Crippen LogP contribution in [0.15, 0.2) is 0 Å². The highest BCUT2D eigenvalue weighted by molar-refractivity contribution is 5.63. The lowest BCUT2D eigenvalue weighted by Gasteiger charge is -2.21. The fraction of sp³-hybridized carbons (Fsp3) is 0.692. The first-order valence-electron chi connectivity index (χ1n) is 6.89. The molecule has 1 aromatic rings. The van der Waals surface area contributed by atoms with Gasteiger partial charge >= 0.3 is 0 Å². The van der Waals surface area contributed by atoms with E-state index in [2.05, 4.69) is 16.5 Å². The van der Waals surface area contributed by atoms with E-state index in [1.54, 1.807) is 4.68 Å². The minimum absolute atomic E-state index is 0.123. The average molecular weight is 263 g/mol. The highest BCUT2D eigenvalue weighted by Gasteiger charge is 2.28. The molecule has 0 amide bonds. The minimum Gasteiger partial charge on any atom is -0.391 e. The smallest absolute Gasteiger partial charge is 0.168 e. The van der Waals surface area contributed by atoms with E-state index in [1.165, 1.54) is 0 Å². The zero-order chi connectivity index (χ0) is 13.8. The third-order valence-electron chi connectivity index (χ3n) is 3.66. The van der Waals surface area contributed by atoms with Crippen LogP contribution in [-0.2, 0) is 0 Å². The number of nitrogens with two attached hydrogens (primary N) is 1. The van der Waals surface area contributed by atoms with Crippen molar-refractivity contribution in [2.24, 2.45) is 0 Å². The van der Waals surface area contributed by atoms with Gasteiger partial charge in [0.1, 0.15) is 17.5 Å². The molecule has 0 radical (unpaired) electrons. The first-order chi connectivity index (χ1) is 9.19. The van der Waals surface area contributed by atoms with E-state index in [0.717, 1.165) is 32.1 Å². The van der Waals surface area contributed by atoms with Crippen LogP contribution < -0.4 is 11.1 Å². The maximum atomic E-state index is 10.2. The fourth-order valence-corrected chi connectivity index (χ4v) is 2.66. The molecule has 1 aromatic heterocycles. The van der Waals surface area contributed by atoms with Gasteiger partial charge in [0, 0.05) is 6.54 Å². The Labute approximate surface area is 113 Å². The summed E-state index contributed by atoms with van der Waals surface area (Å²) in [5.74, 6) is 0.864. The molecule has 0 aliphatic heterocycles. The quantitative estimate of drug-likeness (QED) is 0.720. The molecule has 19 heavy (non-hydrogen) atoms. The summed E-state index contributed by atoms with van der Waals surface area (Å²) in [6.07, 6.45) is 4.39. The van der Waals surface area contributed by atoms with Crippen molar-refractivity contribution in [3.63, 3.8) is 0 Å². The van der Waals surface area contributed by atoms with Crippen LogP contribution in [0.5, 0.6) is 0 Å². The lowest BCUT2D eigenvalue weighted by molar-refractivity contribution is 0.100. The van der Waals surface area contributed by atoms with Crippen LogP contribution in [0.2, 0.25) is 0 Å². The summed E-state index contributed by atoms with van der Waals surface area (Å²) in [6.45, 7) is 2.62. The maximum absolute atomic E-state index is 10.2. The van der Waals surface area contributed by atoms with Crippen LogP contribution in [0.4, 0.5) is 11.6 Å². The van der Waals surface area contributed by atoms with Gasteiger partial charge in [-0.3, -0.25) is 0 Å². The molecule has 2 atom stereocenters. The molecule has 4 N–H and O–H groups in total. The van der Waals surface area contributed by atoms with E-state index in [0.29, 0.717) is 23.7 Å². The molecule has 6 heteroatoms. The highest BCUT2D eigenvalue weighted by Crippen LogP contribution is 2.32. The fourth-order valence-electron chi connectivity index (χ4n) is 2.66. The van der Waals surface area contributed by atoms with Crippen molar-refractivity contribution < 1.29 is 5.11 Å². The number of aliphatic hydroxyl groups is 1. The number of anilines is 2. The molecule has 1 fully saturated rings. The monoisotopic (exact) mass is 263 g/mol. The van der Waals surface area contributed by atoms with Crippen LogP contribution in [0, 0.1) is 11.3 Å². The Balaban J connectivity index is 2.35. The molecule has 1 aliphatic rings. The number of aliphatic hydroxyl groups excluding tert-OH is 1. The molecular weight excluding hydrogens is 242 g/mol. The van der Waals surface area contributed by atoms with Crippen molar-refractivity contribution in [2.75, 3.05) is 17.6 Å². The molecule has 0 saturated heterocycles. The predicted molar refractivity (Wildman–Crippen MR) is 73.6 cm³/mol. The van der Waals surface area contributed by atoms with Crippen molar-refractivity contribution >= 4 is 11.6 Å². The molecule has 1 aliphatic carbocycles. The number of nitrogen functional groups attached to an aromatic ring is 1. The van der Waals surface area contributed by atoms with Gasteiger partial charge in [-0.2, -0.15) is 10.4 Å². The van der Waals surface area contributed by atoms with E-state index < -0.39 is 6.10 Å². The van der Waals surface area contributed by atoms with Gasteiger partial charge in [0.15, 0.2) is 5.82 Å². The van der Waals surface area contributed by atoms with Gasteiger partial charge in [-0.05, 0) is 19.8 Å². The standard InChI is InChI=1S/C13H21N5O/c1-2-16-13-9(8-14)12(15)18(17-13)10-6-4-3-5-7-11(10)19/h10-11,19H,2-7,15H2,1H3,(H,16,17). The number of aromatic nitrogens is 2. The summed E-state index contributed by atoms with van der Waals surface area (Å²) in [4.78, 5) is 0.